The third-order valence-corrected chi connectivity index (χ3v) is 0.849. The molecule has 1 atom stereocenters. The van der Waals surface area contributed by atoms with Crippen LogP contribution in [0.15, 0.2) is 0 Å². The highest BCUT2D eigenvalue weighted by atomic mass is 16.4. The standard InChI is InChI=1S/C5H8O3/c1-3(4(2)6)5(7)8/h3H,1-2H3,(H,7,8)/i3D. The van der Waals surface area contributed by atoms with Crippen molar-refractivity contribution in [2.24, 2.45) is 5.89 Å². The Morgan fingerprint density at radius 1 is 1.75 bits per heavy atom. The van der Waals surface area contributed by atoms with E-state index in [9.17, 15) is 9.59 Å². The number of hydrogen-bond acceptors (Lipinski definition) is 2. The summed E-state index contributed by atoms with van der Waals surface area (Å²) in [6.45, 7) is 2.14. The second-order valence-corrected chi connectivity index (χ2v) is 1.49. The quantitative estimate of drug-likeness (QED) is 0.529. The molecule has 1 unspecified atom stereocenters. The molecule has 0 rings (SSSR count). The second kappa shape index (κ2) is 2.45. The summed E-state index contributed by atoms with van der Waals surface area (Å²) < 4.78 is 6.89. The van der Waals surface area contributed by atoms with E-state index in [1.165, 1.54) is 0 Å². The Morgan fingerprint density at radius 3 is 2.12 bits per heavy atom. The number of carbonyl (C=O) groups excluding carboxylic acids is 1. The molecule has 3 heteroatoms. The first-order chi connectivity index (χ1) is 3.89. The number of carboxylic acids is 1. The molecule has 0 aromatic carbocycles. The number of carbonyl (C=O) groups is 2. The fourth-order valence-electron chi connectivity index (χ4n) is 0.151. The largest absolute Gasteiger partial charge is 0.481 e. The van der Waals surface area contributed by atoms with Crippen molar-refractivity contribution in [3.63, 3.8) is 0 Å². The van der Waals surface area contributed by atoms with Gasteiger partial charge in [-0.3, -0.25) is 9.59 Å². The van der Waals surface area contributed by atoms with Gasteiger partial charge in [0.15, 0.2) is 0 Å². The van der Waals surface area contributed by atoms with Crippen molar-refractivity contribution in [3.05, 3.63) is 0 Å². The minimum absolute atomic E-state index is 0.657. The molecular formula is C5H8O3. The molecule has 0 radical (unpaired) electrons. The average Bonchev–Trinajstić information content (AvgIpc) is 1.65. The van der Waals surface area contributed by atoms with Crippen molar-refractivity contribution in [1.82, 2.24) is 0 Å². The van der Waals surface area contributed by atoms with Crippen LogP contribution in [-0.4, -0.2) is 16.9 Å². The molecule has 0 aliphatic rings. The van der Waals surface area contributed by atoms with Crippen LogP contribution in [0.3, 0.4) is 0 Å². The molecule has 0 aliphatic carbocycles. The number of hydrogen-bond donors (Lipinski definition) is 1. The van der Waals surface area contributed by atoms with Crippen LogP contribution in [0.2, 0.25) is 0 Å². The van der Waals surface area contributed by atoms with Gasteiger partial charge in [0.1, 0.15) is 11.7 Å². The zero-order valence-corrected chi connectivity index (χ0v) is 4.76. The van der Waals surface area contributed by atoms with Crippen molar-refractivity contribution in [2.75, 3.05) is 0 Å². The van der Waals surface area contributed by atoms with Gasteiger partial charge in [0.2, 0.25) is 0 Å². The van der Waals surface area contributed by atoms with Gasteiger partial charge in [0, 0.05) is 0 Å². The molecule has 8 heavy (non-hydrogen) atoms. The molecule has 0 saturated heterocycles. The molecule has 0 amide bonds. The van der Waals surface area contributed by atoms with Gasteiger partial charge in [-0.25, -0.2) is 0 Å². The molecule has 0 fully saturated rings. The summed E-state index contributed by atoms with van der Waals surface area (Å²) in [5.41, 5.74) is 0. The van der Waals surface area contributed by atoms with Crippen LogP contribution >= 0.6 is 0 Å². The lowest BCUT2D eigenvalue weighted by Crippen LogP contribution is -2.16. The monoisotopic (exact) mass is 117 g/mol. The number of rotatable bonds is 2. The van der Waals surface area contributed by atoms with Crippen LogP contribution in [0.25, 0.3) is 0 Å². The van der Waals surface area contributed by atoms with Crippen LogP contribution in [0.1, 0.15) is 15.2 Å². The summed E-state index contributed by atoms with van der Waals surface area (Å²) in [5.74, 6) is -4.04. The highest BCUT2D eigenvalue weighted by Crippen LogP contribution is 1.93. The van der Waals surface area contributed by atoms with E-state index in [0.717, 1.165) is 13.8 Å². The van der Waals surface area contributed by atoms with E-state index in [-0.39, 0.29) is 0 Å². The van der Waals surface area contributed by atoms with Crippen LogP contribution in [0.5, 0.6) is 0 Å². The first-order valence-electron chi connectivity index (χ1n) is 2.63. The van der Waals surface area contributed by atoms with Crippen molar-refractivity contribution in [3.8, 4) is 0 Å². The first kappa shape index (κ1) is 5.28. The number of aliphatic carboxylic acids is 1. The van der Waals surface area contributed by atoms with Gasteiger partial charge in [-0.15, -0.1) is 0 Å². The Bertz CT molecular complexity index is 134. The van der Waals surface area contributed by atoms with Crippen molar-refractivity contribution in [2.45, 2.75) is 13.8 Å². The number of ketones is 1. The lowest BCUT2D eigenvalue weighted by Gasteiger charge is -1.96. The maximum atomic E-state index is 10.3. The Balaban J connectivity index is 4.38. The lowest BCUT2D eigenvalue weighted by atomic mass is 10.1. The summed E-state index contributed by atoms with van der Waals surface area (Å²) in [5, 5.41) is 8.20. The maximum absolute atomic E-state index is 10.3. The van der Waals surface area contributed by atoms with E-state index < -0.39 is 17.6 Å². The predicted octanol–water partition coefficient (Wildman–Crippen LogP) is 0.296. The SMILES string of the molecule is [2H]C(C)(C(C)=O)C(=O)O. The summed E-state index contributed by atoms with van der Waals surface area (Å²) in [7, 11) is 0. The van der Waals surface area contributed by atoms with Gasteiger partial charge in [-0.2, -0.15) is 0 Å². The third kappa shape index (κ3) is 1.73. The zero-order valence-electron chi connectivity index (χ0n) is 5.76. The van der Waals surface area contributed by atoms with Gasteiger partial charge in [-0.1, -0.05) is 0 Å². The normalized spacial score (nSPS) is 18.5. The van der Waals surface area contributed by atoms with Gasteiger partial charge in [-0.05, 0) is 13.8 Å². The second-order valence-electron chi connectivity index (χ2n) is 1.49. The molecule has 0 spiro atoms. The van der Waals surface area contributed by atoms with Crippen LogP contribution < -0.4 is 0 Å². The number of carboxylic acid groups (broad SMARTS) is 1. The molecule has 0 aliphatic heterocycles. The Labute approximate surface area is 48.7 Å². The fourth-order valence-corrected chi connectivity index (χ4v) is 0.151. The summed E-state index contributed by atoms with van der Waals surface area (Å²) in [4.78, 5) is 20.4. The molecule has 0 aromatic heterocycles. The van der Waals surface area contributed by atoms with Gasteiger partial charge in [0.05, 0.1) is 1.37 Å². The summed E-state index contributed by atoms with van der Waals surface area (Å²) in [6.07, 6.45) is 0. The summed E-state index contributed by atoms with van der Waals surface area (Å²) >= 11 is 0. The van der Waals surface area contributed by atoms with Crippen LogP contribution in [-0.2, 0) is 9.59 Å². The van der Waals surface area contributed by atoms with Crippen LogP contribution in [0.4, 0.5) is 0 Å². The smallest absolute Gasteiger partial charge is 0.313 e. The zero-order chi connectivity index (χ0) is 7.65. The van der Waals surface area contributed by atoms with Crippen molar-refractivity contribution in [1.29, 1.82) is 0 Å². The maximum Gasteiger partial charge on any atom is 0.313 e. The minimum Gasteiger partial charge on any atom is -0.481 e. The molecule has 3 nitrogen and oxygen atoms in total. The van der Waals surface area contributed by atoms with Crippen molar-refractivity contribution >= 4 is 11.8 Å². The molecule has 0 aromatic rings. The van der Waals surface area contributed by atoms with Gasteiger partial charge in [0.25, 0.3) is 0 Å². The Kier molecular flexibility index (Phi) is 1.62. The Morgan fingerprint density at radius 2 is 2.12 bits per heavy atom. The highest BCUT2D eigenvalue weighted by Gasteiger charge is 2.14. The molecule has 0 bridgehead atoms. The molecule has 0 heterocycles. The van der Waals surface area contributed by atoms with E-state index in [2.05, 4.69) is 0 Å². The van der Waals surface area contributed by atoms with Gasteiger partial charge >= 0.3 is 5.97 Å². The van der Waals surface area contributed by atoms with Crippen molar-refractivity contribution < 1.29 is 16.1 Å². The number of Topliss-reactive ketones (excluding diaryl/α,β-unsaturated/α-hetero) is 1. The van der Waals surface area contributed by atoms with E-state index in [4.69, 9.17) is 6.48 Å². The lowest BCUT2D eigenvalue weighted by molar-refractivity contribution is -0.144. The first-order valence-corrected chi connectivity index (χ1v) is 2.13. The molecule has 46 valence electrons. The Hall–Kier alpha value is -0.860. The van der Waals surface area contributed by atoms with E-state index in [1.54, 1.807) is 0 Å². The van der Waals surface area contributed by atoms with Gasteiger partial charge < -0.3 is 5.11 Å². The molecule has 1 N–H and O–H groups in total. The average molecular weight is 117 g/mol. The highest BCUT2D eigenvalue weighted by molar-refractivity contribution is 5.96. The molecular weight excluding hydrogens is 108 g/mol. The van der Waals surface area contributed by atoms with E-state index >= 15 is 0 Å². The van der Waals surface area contributed by atoms with Crippen LogP contribution in [0, 0.1) is 5.89 Å². The van der Waals surface area contributed by atoms with E-state index in [0.29, 0.717) is 0 Å². The topological polar surface area (TPSA) is 54.4 Å². The minimum atomic E-state index is -1.97. The fraction of sp³-hybridized carbons (Fsp3) is 0.600. The summed E-state index contributed by atoms with van der Waals surface area (Å²) in [6, 6.07) is 0. The van der Waals surface area contributed by atoms with E-state index in [1.807, 2.05) is 0 Å². The third-order valence-electron chi connectivity index (χ3n) is 0.849. The predicted molar refractivity (Wildman–Crippen MR) is 27.5 cm³/mol. The molecule has 0 saturated carbocycles.